The maximum atomic E-state index is 11.8. The lowest BCUT2D eigenvalue weighted by molar-refractivity contribution is 0.0602. The molecule has 1 aromatic rings. The van der Waals surface area contributed by atoms with Crippen LogP contribution in [-0.4, -0.2) is 45.0 Å². The molecule has 6 heteroatoms. The molecule has 114 valence electrons. The summed E-state index contributed by atoms with van der Waals surface area (Å²) >= 11 is 0. The Morgan fingerprint density at radius 3 is 2.95 bits per heavy atom. The van der Waals surface area contributed by atoms with Crippen LogP contribution in [-0.2, 0) is 9.47 Å². The Morgan fingerprint density at radius 2 is 2.29 bits per heavy atom. The molecule has 0 amide bonds. The number of hydrogen-bond acceptors (Lipinski definition) is 6. The fraction of sp³-hybridized carbons (Fsp3) is 0.533. The van der Waals surface area contributed by atoms with Crippen molar-refractivity contribution in [3.8, 4) is 5.75 Å². The molecular weight excluding hydrogens is 272 g/mol. The van der Waals surface area contributed by atoms with Crippen LogP contribution in [0.5, 0.6) is 5.75 Å². The summed E-state index contributed by atoms with van der Waals surface area (Å²) in [6.07, 6.45) is 1.05. The van der Waals surface area contributed by atoms with Gasteiger partial charge in [-0.15, -0.1) is 0 Å². The van der Waals surface area contributed by atoms with Crippen LogP contribution < -0.4 is 15.4 Å². The quantitative estimate of drug-likeness (QED) is 0.656. The molecule has 2 heterocycles. The summed E-state index contributed by atoms with van der Waals surface area (Å²) in [7, 11) is 1.35. The Morgan fingerprint density at radius 1 is 1.48 bits per heavy atom. The van der Waals surface area contributed by atoms with E-state index >= 15 is 0 Å². The molecule has 2 aliphatic heterocycles. The summed E-state index contributed by atoms with van der Waals surface area (Å²) in [5, 5.41) is 0. The Kier molecular flexibility index (Phi) is 3.63. The van der Waals surface area contributed by atoms with Gasteiger partial charge in [0.1, 0.15) is 11.9 Å². The van der Waals surface area contributed by atoms with Crippen molar-refractivity contribution in [1.29, 1.82) is 0 Å². The minimum absolute atomic E-state index is 0.0708. The molecule has 2 aliphatic rings. The second kappa shape index (κ2) is 5.44. The molecule has 0 aromatic heterocycles. The molecule has 0 aliphatic carbocycles. The zero-order chi connectivity index (χ0) is 15.0. The number of carbonyl (C=O) groups is 1. The predicted molar refractivity (Wildman–Crippen MR) is 78.9 cm³/mol. The molecule has 1 aromatic carbocycles. The lowest BCUT2D eigenvalue weighted by atomic mass is 10.1. The van der Waals surface area contributed by atoms with Gasteiger partial charge in [0.05, 0.1) is 37.6 Å². The van der Waals surface area contributed by atoms with Crippen molar-refractivity contribution in [1.82, 2.24) is 0 Å². The molecule has 0 radical (unpaired) electrons. The molecule has 6 nitrogen and oxygen atoms in total. The minimum Gasteiger partial charge on any atom is -0.487 e. The van der Waals surface area contributed by atoms with Crippen LogP contribution in [0.4, 0.5) is 11.4 Å². The van der Waals surface area contributed by atoms with E-state index < -0.39 is 5.97 Å². The highest BCUT2D eigenvalue weighted by Gasteiger charge is 2.32. The average Bonchev–Trinajstić information content (AvgIpc) is 2.98. The number of ether oxygens (including phenoxy) is 3. The first-order valence-corrected chi connectivity index (χ1v) is 7.13. The van der Waals surface area contributed by atoms with Crippen molar-refractivity contribution < 1.29 is 19.0 Å². The van der Waals surface area contributed by atoms with Crippen LogP contribution in [0.25, 0.3) is 0 Å². The molecule has 21 heavy (non-hydrogen) atoms. The molecule has 0 bridgehead atoms. The third kappa shape index (κ3) is 2.51. The number of nitrogen functional groups attached to an aromatic ring is 1. The smallest absolute Gasteiger partial charge is 0.340 e. The molecule has 1 fully saturated rings. The van der Waals surface area contributed by atoms with E-state index in [4.69, 9.17) is 19.9 Å². The van der Waals surface area contributed by atoms with Gasteiger partial charge >= 0.3 is 5.97 Å². The van der Waals surface area contributed by atoms with Crippen molar-refractivity contribution in [3.05, 3.63) is 17.7 Å². The number of benzene rings is 1. The zero-order valence-electron chi connectivity index (χ0n) is 12.3. The molecule has 1 saturated heterocycles. The van der Waals surface area contributed by atoms with Crippen molar-refractivity contribution in [2.45, 2.75) is 25.5 Å². The van der Waals surface area contributed by atoms with Gasteiger partial charge in [-0.2, -0.15) is 0 Å². The molecule has 0 saturated carbocycles. The molecule has 2 atom stereocenters. The van der Waals surface area contributed by atoms with Crippen molar-refractivity contribution in [2.24, 2.45) is 0 Å². The van der Waals surface area contributed by atoms with Crippen LogP contribution in [0, 0.1) is 0 Å². The van der Waals surface area contributed by atoms with E-state index in [1.807, 2.05) is 6.92 Å². The Labute approximate surface area is 123 Å². The van der Waals surface area contributed by atoms with Gasteiger partial charge in [-0.25, -0.2) is 4.79 Å². The van der Waals surface area contributed by atoms with Crippen LogP contribution >= 0.6 is 0 Å². The molecule has 3 rings (SSSR count). The van der Waals surface area contributed by atoms with Gasteiger partial charge in [-0.05, 0) is 19.4 Å². The van der Waals surface area contributed by atoms with E-state index in [0.717, 1.165) is 25.3 Å². The highest BCUT2D eigenvalue weighted by molar-refractivity contribution is 5.97. The van der Waals surface area contributed by atoms with Gasteiger partial charge in [-0.1, -0.05) is 0 Å². The fourth-order valence-corrected chi connectivity index (χ4v) is 2.93. The maximum absolute atomic E-state index is 11.8. The molecule has 2 N–H and O–H groups in total. The van der Waals surface area contributed by atoms with E-state index in [1.54, 1.807) is 12.1 Å². The summed E-state index contributed by atoms with van der Waals surface area (Å²) in [6.45, 7) is 4.26. The third-order valence-electron chi connectivity index (χ3n) is 3.97. The van der Waals surface area contributed by atoms with E-state index in [-0.39, 0.29) is 6.10 Å². The lowest BCUT2D eigenvalue weighted by Crippen LogP contribution is -2.45. The fourth-order valence-electron chi connectivity index (χ4n) is 2.93. The summed E-state index contributed by atoms with van der Waals surface area (Å²) in [5.41, 5.74) is 7.57. The predicted octanol–water partition coefficient (Wildman–Crippen LogP) is 1.43. The van der Waals surface area contributed by atoms with E-state index in [2.05, 4.69) is 4.90 Å². The second-order valence-corrected chi connectivity index (χ2v) is 5.50. The van der Waals surface area contributed by atoms with Crippen LogP contribution in [0.2, 0.25) is 0 Å². The van der Waals surface area contributed by atoms with Crippen LogP contribution in [0.3, 0.4) is 0 Å². The first-order valence-electron chi connectivity index (χ1n) is 7.13. The van der Waals surface area contributed by atoms with Gasteiger partial charge in [0.25, 0.3) is 0 Å². The number of fused-ring (bicyclic) bond motifs is 1. The molecule has 0 spiro atoms. The summed E-state index contributed by atoms with van der Waals surface area (Å²) in [6, 6.07) is 3.78. The van der Waals surface area contributed by atoms with Crippen molar-refractivity contribution in [3.63, 3.8) is 0 Å². The number of rotatable bonds is 2. The van der Waals surface area contributed by atoms with E-state index in [1.165, 1.54) is 7.11 Å². The minimum atomic E-state index is -0.434. The summed E-state index contributed by atoms with van der Waals surface area (Å²) in [5.74, 6) is 0.280. The number of carbonyl (C=O) groups excluding carboxylic acids is 1. The number of esters is 1. The number of nitrogens with zero attached hydrogens (tertiary/aromatic N) is 1. The monoisotopic (exact) mass is 292 g/mol. The topological polar surface area (TPSA) is 74.0 Å². The number of anilines is 2. The first kappa shape index (κ1) is 14.0. The summed E-state index contributed by atoms with van der Waals surface area (Å²) < 4.78 is 16.1. The van der Waals surface area contributed by atoms with Crippen LogP contribution in [0.1, 0.15) is 23.7 Å². The highest BCUT2D eigenvalue weighted by Crippen LogP contribution is 2.39. The number of hydrogen-bond donors (Lipinski definition) is 1. The van der Waals surface area contributed by atoms with Gasteiger partial charge < -0.3 is 24.8 Å². The third-order valence-corrected chi connectivity index (χ3v) is 3.97. The van der Waals surface area contributed by atoms with Gasteiger partial charge in [-0.3, -0.25) is 0 Å². The van der Waals surface area contributed by atoms with E-state index in [0.29, 0.717) is 29.6 Å². The van der Waals surface area contributed by atoms with Crippen molar-refractivity contribution in [2.75, 3.05) is 37.5 Å². The van der Waals surface area contributed by atoms with Gasteiger partial charge in [0.2, 0.25) is 0 Å². The highest BCUT2D eigenvalue weighted by atomic mass is 16.5. The van der Waals surface area contributed by atoms with Gasteiger partial charge in [0, 0.05) is 18.4 Å². The van der Waals surface area contributed by atoms with E-state index in [9.17, 15) is 4.79 Å². The number of methoxy groups -OCH3 is 1. The Bertz CT molecular complexity index is 555. The lowest BCUT2D eigenvalue weighted by Gasteiger charge is -2.38. The van der Waals surface area contributed by atoms with Crippen molar-refractivity contribution >= 4 is 17.3 Å². The van der Waals surface area contributed by atoms with Gasteiger partial charge in [0.15, 0.2) is 0 Å². The maximum Gasteiger partial charge on any atom is 0.340 e. The molecule has 2 unspecified atom stereocenters. The first-order chi connectivity index (χ1) is 10.1. The molecular formula is C15H20N2O4. The normalized spacial score (nSPS) is 24.4. The SMILES string of the molecule is COC(=O)c1cc2c(cc1N)OC(C)CN2C1CCOC1. The Hall–Kier alpha value is -1.95. The zero-order valence-corrected chi connectivity index (χ0v) is 12.3. The largest absolute Gasteiger partial charge is 0.487 e. The standard InChI is InChI=1S/C15H20N2O4/c1-9-7-17(10-3-4-20-8-10)13-5-11(15(18)19-2)12(16)6-14(13)21-9/h5-6,9-10H,3-4,7-8,16H2,1-2H3. The average molecular weight is 292 g/mol. The second-order valence-electron chi connectivity index (χ2n) is 5.50. The number of nitrogens with two attached hydrogens (primary N) is 1. The summed E-state index contributed by atoms with van der Waals surface area (Å²) in [4.78, 5) is 14.1. The Balaban J connectivity index is 2.03. The van der Waals surface area contributed by atoms with Crippen LogP contribution in [0.15, 0.2) is 12.1 Å².